The van der Waals surface area contributed by atoms with E-state index in [9.17, 15) is 19.1 Å². The minimum absolute atomic E-state index is 0.0578. The summed E-state index contributed by atoms with van der Waals surface area (Å²) in [5.41, 5.74) is -0.325. The topological polar surface area (TPSA) is 57.6 Å². The number of carbonyl (C=O) groups is 2. The smallest absolute Gasteiger partial charge is 0.247 e. The first-order valence-corrected chi connectivity index (χ1v) is 8.44. The maximum Gasteiger partial charge on any atom is 0.247 e. The Morgan fingerprint density at radius 1 is 1.48 bits per heavy atom. The molecule has 1 aromatic rings. The van der Waals surface area contributed by atoms with Crippen molar-refractivity contribution in [2.75, 3.05) is 6.54 Å². The lowest BCUT2D eigenvalue weighted by atomic mass is 9.67. The fraction of sp³-hybridized carbons (Fsp3) is 0.368. The molecular weight excluding hydrogens is 345 g/mol. The third-order valence-corrected chi connectivity index (χ3v) is 5.33. The summed E-state index contributed by atoms with van der Waals surface area (Å²) < 4.78 is 14.7. The van der Waals surface area contributed by atoms with Gasteiger partial charge in [-0.15, -0.1) is 0 Å². The van der Waals surface area contributed by atoms with E-state index in [1.165, 1.54) is 30.0 Å². The molecule has 1 aromatic carbocycles. The van der Waals surface area contributed by atoms with E-state index in [-0.39, 0.29) is 35.1 Å². The van der Waals surface area contributed by atoms with Crippen molar-refractivity contribution in [1.29, 1.82) is 0 Å². The van der Waals surface area contributed by atoms with E-state index in [0.717, 1.165) is 0 Å². The Morgan fingerprint density at radius 2 is 2.20 bits per heavy atom. The fourth-order valence-electron chi connectivity index (χ4n) is 4.10. The first-order valence-electron chi connectivity index (χ1n) is 8.06. The zero-order chi connectivity index (χ0) is 18.4. The molecule has 0 radical (unpaired) electrons. The number of hydrogen-bond acceptors (Lipinski definition) is 3. The van der Waals surface area contributed by atoms with Crippen LogP contribution in [-0.4, -0.2) is 34.3 Å². The highest BCUT2D eigenvalue weighted by Crippen LogP contribution is 2.48. The van der Waals surface area contributed by atoms with E-state index >= 15 is 0 Å². The van der Waals surface area contributed by atoms with E-state index in [1.807, 2.05) is 0 Å². The van der Waals surface area contributed by atoms with Crippen LogP contribution >= 0.6 is 11.6 Å². The lowest BCUT2D eigenvalue weighted by molar-refractivity contribution is -0.135. The molecule has 6 heteroatoms. The summed E-state index contributed by atoms with van der Waals surface area (Å²) in [5.74, 6) is -1.69. The molecule has 1 heterocycles. The molecule has 1 fully saturated rings. The van der Waals surface area contributed by atoms with Gasteiger partial charge >= 0.3 is 0 Å². The van der Waals surface area contributed by atoms with Crippen molar-refractivity contribution in [2.45, 2.75) is 31.4 Å². The Balaban J connectivity index is 2.13. The van der Waals surface area contributed by atoms with Crippen molar-refractivity contribution in [1.82, 2.24) is 4.90 Å². The predicted octanol–water partition coefficient (Wildman–Crippen LogP) is 2.99. The molecular formula is C19H19ClFNO3. The van der Waals surface area contributed by atoms with Crippen molar-refractivity contribution < 1.29 is 19.1 Å². The number of amides is 1. The van der Waals surface area contributed by atoms with Gasteiger partial charge in [0.05, 0.1) is 17.6 Å². The number of Topliss-reactive ketones (excluding diaryl/α,β-unsaturated/α-hetero) is 1. The van der Waals surface area contributed by atoms with Gasteiger partial charge in [-0.05, 0) is 25.5 Å². The highest BCUT2D eigenvalue weighted by molar-refractivity contribution is 6.30. The van der Waals surface area contributed by atoms with Gasteiger partial charge in [-0.25, -0.2) is 4.39 Å². The third-order valence-electron chi connectivity index (χ3n) is 5.09. The number of aliphatic hydroxyl groups excluding tert-OH is 1. The molecule has 1 amide bonds. The van der Waals surface area contributed by atoms with Crippen molar-refractivity contribution in [3.8, 4) is 0 Å². The van der Waals surface area contributed by atoms with Gasteiger partial charge in [-0.3, -0.25) is 9.59 Å². The number of carbonyl (C=O) groups excluding carboxylic acids is 2. The number of hydrogen-bond donors (Lipinski definition) is 1. The van der Waals surface area contributed by atoms with Crippen LogP contribution in [0, 0.1) is 11.7 Å². The zero-order valence-corrected chi connectivity index (χ0v) is 14.6. The molecule has 132 valence electrons. The number of ketones is 1. The highest BCUT2D eigenvalue weighted by Gasteiger charge is 2.51. The predicted molar refractivity (Wildman–Crippen MR) is 92.5 cm³/mol. The Labute approximate surface area is 150 Å². The standard InChI is InChI=1S/C19H19ClFNO3/c1-11-9-19(22-7-3-4-17(22)25,10-16(24)18(11)12(2)23)14-6-5-13(20)8-15(14)21/h3-6,8,16,18,24H,1,7,9-10H2,2H3. The molecule has 1 aliphatic carbocycles. The van der Waals surface area contributed by atoms with Crippen LogP contribution in [0.2, 0.25) is 5.02 Å². The van der Waals surface area contributed by atoms with Crippen molar-refractivity contribution in [3.05, 3.63) is 58.9 Å². The Kier molecular flexibility index (Phi) is 4.56. The van der Waals surface area contributed by atoms with Crippen LogP contribution in [0.5, 0.6) is 0 Å². The Morgan fingerprint density at radius 3 is 2.72 bits per heavy atom. The summed E-state index contributed by atoms with van der Waals surface area (Å²) in [7, 11) is 0. The van der Waals surface area contributed by atoms with E-state index in [0.29, 0.717) is 12.1 Å². The number of aliphatic hydroxyl groups is 1. The molecule has 0 aromatic heterocycles. The maximum absolute atomic E-state index is 14.7. The van der Waals surface area contributed by atoms with Gasteiger partial charge in [0.2, 0.25) is 5.91 Å². The van der Waals surface area contributed by atoms with Gasteiger partial charge in [-0.2, -0.15) is 0 Å². The quantitative estimate of drug-likeness (QED) is 0.840. The van der Waals surface area contributed by atoms with Gasteiger partial charge < -0.3 is 10.0 Å². The van der Waals surface area contributed by atoms with Crippen LogP contribution in [-0.2, 0) is 15.1 Å². The molecule has 1 aliphatic heterocycles. The molecule has 1 N–H and O–H groups in total. The first-order chi connectivity index (χ1) is 11.8. The lowest BCUT2D eigenvalue weighted by Gasteiger charge is -2.49. The van der Waals surface area contributed by atoms with Crippen molar-refractivity contribution in [2.24, 2.45) is 5.92 Å². The number of rotatable bonds is 3. The van der Waals surface area contributed by atoms with Gasteiger partial charge in [0.25, 0.3) is 0 Å². The fourth-order valence-corrected chi connectivity index (χ4v) is 4.26. The largest absolute Gasteiger partial charge is 0.392 e. The van der Waals surface area contributed by atoms with E-state index in [1.54, 1.807) is 12.1 Å². The Hall–Kier alpha value is -1.98. The average Bonchev–Trinajstić information content (AvgIpc) is 2.92. The highest BCUT2D eigenvalue weighted by atomic mass is 35.5. The van der Waals surface area contributed by atoms with Gasteiger partial charge in [0.15, 0.2) is 0 Å². The molecule has 0 saturated heterocycles. The SMILES string of the molecule is C=C1CC(c2ccc(Cl)cc2F)(N2CC=CC2=O)CC(O)C1C(C)=O. The summed E-state index contributed by atoms with van der Waals surface area (Å²) in [5, 5.41) is 10.9. The van der Waals surface area contributed by atoms with Gasteiger partial charge in [0.1, 0.15) is 11.6 Å². The molecule has 3 atom stereocenters. The molecule has 0 bridgehead atoms. The minimum Gasteiger partial charge on any atom is -0.392 e. The number of benzene rings is 1. The normalized spacial score (nSPS) is 29.4. The second-order valence-corrected chi connectivity index (χ2v) is 7.14. The maximum atomic E-state index is 14.7. The van der Waals surface area contributed by atoms with E-state index in [2.05, 4.69) is 6.58 Å². The second kappa shape index (κ2) is 6.39. The van der Waals surface area contributed by atoms with Crippen LogP contribution in [0.4, 0.5) is 4.39 Å². The van der Waals surface area contributed by atoms with Crippen LogP contribution in [0.1, 0.15) is 25.3 Å². The summed E-state index contributed by atoms with van der Waals surface area (Å²) >= 11 is 5.87. The summed E-state index contributed by atoms with van der Waals surface area (Å²) in [6.07, 6.45) is 2.36. The summed E-state index contributed by atoms with van der Waals surface area (Å²) in [6, 6.07) is 4.29. The molecule has 3 unspecified atom stereocenters. The minimum atomic E-state index is -1.10. The molecule has 25 heavy (non-hydrogen) atoms. The first kappa shape index (κ1) is 17.8. The van der Waals surface area contributed by atoms with Crippen LogP contribution < -0.4 is 0 Å². The summed E-state index contributed by atoms with van der Waals surface area (Å²) in [6.45, 7) is 5.66. The van der Waals surface area contributed by atoms with Gasteiger partial charge in [-0.1, -0.05) is 35.9 Å². The monoisotopic (exact) mass is 363 g/mol. The molecule has 2 aliphatic rings. The van der Waals surface area contributed by atoms with Crippen LogP contribution in [0.3, 0.4) is 0 Å². The summed E-state index contributed by atoms with van der Waals surface area (Å²) in [4.78, 5) is 25.8. The van der Waals surface area contributed by atoms with E-state index < -0.39 is 23.4 Å². The molecule has 4 nitrogen and oxygen atoms in total. The Bertz CT molecular complexity index is 791. The number of nitrogens with zero attached hydrogens (tertiary/aromatic N) is 1. The van der Waals surface area contributed by atoms with Crippen LogP contribution in [0.25, 0.3) is 0 Å². The number of halogens is 2. The van der Waals surface area contributed by atoms with Crippen LogP contribution in [0.15, 0.2) is 42.5 Å². The van der Waals surface area contributed by atoms with E-state index in [4.69, 9.17) is 11.6 Å². The third kappa shape index (κ3) is 2.92. The lowest BCUT2D eigenvalue weighted by Crippen LogP contribution is -2.54. The zero-order valence-electron chi connectivity index (χ0n) is 13.8. The van der Waals surface area contributed by atoms with Crippen molar-refractivity contribution in [3.63, 3.8) is 0 Å². The molecule has 3 rings (SSSR count). The van der Waals surface area contributed by atoms with Gasteiger partial charge in [0, 0.05) is 29.6 Å². The average molecular weight is 364 g/mol. The van der Waals surface area contributed by atoms with Crippen molar-refractivity contribution >= 4 is 23.3 Å². The molecule has 1 saturated carbocycles. The molecule has 0 spiro atoms. The second-order valence-electron chi connectivity index (χ2n) is 6.70.